The van der Waals surface area contributed by atoms with Gasteiger partial charge in [-0.1, -0.05) is 120 Å². The molecule has 0 N–H and O–H groups in total. The molecule has 0 unspecified atom stereocenters. The van der Waals surface area contributed by atoms with Crippen LogP contribution in [0.3, 0.4) is 0 Å². The maximum atomic E-state index is 5.22. The fraction of sp³-hybridized carbons (Fsp3) is 0. The predicted molar refractivity (Wildman–Crippen MR) is 205 cm³/mol. The first-order chi connectivity index (χ1) is 24.8. The Balaban J connectivity index is 0.00000348. The molecule has 10 aromatic rings. The van der Waals surface area contributed by atoms with Gasteiger partial charge in [-0.05, 0) is 69.4 Å². The van der Waals surface area contributed by atoms with Crippen molar-refractivity contribution in [3.05, 3.63) is 176 Å². The third-order valence-corrected chi connectivity index (χ3v) is 9.60. The van der Waals surface area contributed by atoms with Crippen molar-refractivity contribution in [3.8, 4) is 50.5 Å². The number of nitrogens with zero attached hydrogens (tertiary/aromatic N) is 4. The van der Waals surface area contributed by atoms with Gasteiger partial charge in [0.2, 0.25) is 0 Å². The van der Waals surface area contributed by atoms with Gasteiger partial charge in [-0.15, -0.1) is 35.3 Å². The molecule has 0 saturated heterocycles. The van der Waals surface area contributed by atoms with E-state index in [0.717, 1.165) is 83.1 Å². The number of hydrogen-bond acceptors (Lipinski definition) is 2. The van der Waals surface area contributed by atoms with E-state index in [1.54, 1.807) is 0 Å². The fourth-order valence-electron chi connectivity index (χ4n) is 7.24. The van der Waals surface area contributed by atoms with Crippen LogP contribution < -0.4 is 4.98 Å². The van der Waals surface area contributed by atoms with Crippen LogP contribution in [0.25, 0.3) is 94.2 Å². The molecule has 4 nitrogen and oxygen atoms in total. The van der Waals surface area contributed by atoms with E-state index in [1.165, 1.54) is 11.1 Å². The summed E-state index contributed by atoms with van der Waals surface area (Å²) in [5.41, 5.74) is 12.4. The summed E-state index contributed by atoms with van der Waals surface area (Å²) in [5.74, 6) is 0.817. The van der Waals surface area contributed by atoms with E-state index >= 15 is 0 Å². The molecule has 0 atom stereocenters. The van der Waals surface area contributed by atoms with E-state index in [9.17, 15) is 0 Å². The monoisotopic (exact) mass is 831 g/mol. The molecule has 4 heterocycles. The standard InChI is InChI=1S/C46H28N4.Pt/c1-3-12-30(13-4-1)32-23-24-42-39(27-32)40-29-35(31-14-5-2-6-15-31)28-38(45(40)49-42)33-16-9-17-34(26-33)41-20-10-22-44(48-41)50-43-21-8-7-18-36(43)37-19-11-25-47-46(37)50;/h1-25,27-29H;/q-2;+2. The van der Waals surface area contributed by atoms with Crippen molar-refractivity contribution in [2.24, 2.45) is 0 Å². The molecule has 10 rings (SSSR count). The van der Waals surface area contributed by atoms with E-state index in [1.807, 2.05) is 18.3 Å². The molecule has 0 fully saturated rings. The zero-order chi connectivity index (χ0) is 33.0. The molecule has 0 aliphatic heterocycles. The average Bonchev–Trinajstić information content (AvgIpc) is 3.74. The van der Waals surface area contributed by atoms with Crippen LogP contribution in [0.2, 0.25) is 0 Å². The van der Waals surface area contributed by atoms with Gasteiger partial charge in [-0.25, -0.2) is 4.98 Å². The van der Waals surface area contributed by atoms with Crippen LogP contribution in [0.5, 0.6) is 0 Å². The molecule has 242 valence electrons. The van der Waals surface area contributed by atoms with Gasteiger partial charge in [0, 0.05) is 22.7 Å². The molecule has 5 heteroatoms. The van der Waals surface area contributed by atoms with Crippen molar-refractivity contribution in [3.63, 3.8) is 0 Å². The fourth-order valence-corrected chi connectivity index (χ4v) is 7.24. The summed E-state index contributed by atoms with van der Waals surface area (Å²) < 4.78 is 2.15. The van der Waals surface area contributed by atoms with Crippen molar-refractivity contribution < 1.29 is 21.1 Å². The Morgan fingerprint density at radius 1 is 0.510 bits per heavy atom. The van der Waals surface area contributed by atoms with Gasteiger partial charge in [0.15, 0.2) is 0 Å². The Morgan fingerprint density at radius 2 is 1.22 bits per heavy atom. The zero-order valence-corrected chi connectivity index (χ0v) is 29.5. The maximum absolute atomic E-state index is 5.22. The van der Waals surface area contributed by atoms with Gasteiger partial charge in [-0.2, -0.15) is 5.52 Å². The van der Waals surface area contributed by atoms with Crippen molar-refractivity contribution in [1.29, 1.82) is 0 Å². The van der Waals surface area contributed by atoms with Gasteiger partial charge in [0.25, 0.3) is 0 Å². The normalized spacial score (nSPS) is 11.4. The molecule has 0 radical (unpaired) electrons. The van der Waals surface area contributed by atoms with E-state index in [-0.39, 0.29) is 21.1 Å². The number of fused-ring (bicyclic) bond motifs is 6. The second-order valence-electron chi connectivity index (χ2n) is 12.6. The van der Waals surface area contributed by atoms with Crippen LogP contribution in [-0.4, -0.2) is 14.5 Å². The van der Waals surface area contributed by atoms with E-state index in [2.05, 4.69) is 162 Å². The SMILES string of the molecule is [Pt+2].[c-]1c(-c2cccc(-n3c4ccccc4c4cccnc43)n2)cccc1-c1cc(-c2ccccc2)cc2c1[n-]c1ccc(-c3ccccc3)cc12. The molecule has 0 spiro atoms. The number of pyridine rings is 2. The van der Waals surface area contributed by atoms with Crippen LogP contribution in [-0.2, 0) is 21.1 Å². The molecule has 0 aliphatic carbocycles. The van der Waals surface area contributed by atoms with Crippen LogP contribution >= 0.6 is 0 Å². The van der Waals surface area contributed by atoms with Gasteiger partial charge in [0.1, 0.15) is 11.5 Å². The molecule has 0 aliphatic rings. The third-order valence-electron chi connectivity index (χ3n) is 9.60. The number of benzene rings is 6. The first kappa shape index (κ1) is 30.9. The summed E-state index contributed by atoms with van der Waals surface area (Å²) in [6.07, 6.45) is 1.84. The van der Waals surface area contributed by atoms with Gasteiger partial charge in [-0.3, -0.25) is 9.55 Å². The predicted octanol–water partition coefficient (Wildman–Crippen LogP) is 11.3. The Hall–Kier alpha value is -6.09. The first-order valence-corrected chi connectivity index (χ1v) is 16.8. The Labute approximate surface area is 309 Å². The van der Waals surface area contributed by atoms with Crippen LogP contribution in [0.1, 0.15) is 0 Å². The van der Waals surface area contributed by atoms with Crippen molar-refractivity contribution in [2.75, 3.05) is 0 Å². The molecular weight excluding hydrogens is 804 g/mol. The van der Waals surface area contributed by atoms with Crippen molar-refractivity contribution >= 4 is 43.7 Å². The quantitative estimate of drug-likeness (QED) is 0.162. The smallest absolute Gasteiger partial charge is 0.663 e. The summed E-state index contributed by atoms with van der Waals surface area (Å²) in [5, 5.41) is 4.54. The van der Waals surface area contributed by atoms with Crippen LogP contribution in [0, 0.1) is 6.07 Å². The Morgan fingerprint density at radius 3 is 2.06 bits per heavy atom. The minimum Gasteiger partial charge on any atom is -0.663 e. The number of rotatable bonds is 5. The van der Waals surface area contributed by atoms with Crippen molar-refractivity contribution in [2.45, 2.75) is 0 Å². The number of para-hydroxylation sites is 1. The van der Waals surface area contributed by atoms with Gasteiger partial charge >= 0.3 is 21.1 Å². The third kappa shape index (κ3) is 5.28. The number of aromatic nitrogens is 4. The molecule has 0 saturated carbocycles. The largest absolute Gasteiger partial charge is 2.00 e. The van der Waals surface area contributed by atoms with Gasteiger partial charge in [0.05, 0.1) is 5.52 Å². The summed E-state index contributed by atoms with van der Waals surface area (Å²) in [6.45, 7) is 0. The topological polar surface area (TPSA) is 44.8 Å². The summed E-state index contributed by atoms with van der Waals surface area (Å²) in [4.78, 5) is 15.2. The molecule has 6 aromatic carbocycles. The van der Waals surface area contributed by atoms with E-state index in [4.69, 9.17) is 15.0 Å². The minimum atomic E-state index is 0. The van der Waals surface area contributed by atoms with Crippen LogP contribution in [0.15, 0.2) is 170 Å². The summed E-state index contributed by atoms with van der Waals surface area (Å²) in [7, 11) is 0. The second kappa shape index (κ2) is 12.7. The summed E-state index contributed by atoms with van der Waals surface area (Å²) in [6, 6.07) is 60.9. The first-order valence-electron chi connectivity index (χ1n) is 16.8. The summed E-state index contributed by atoms with van der Waals surface area (Å²) >= 11 is 0. The molecule has 0 amide bonds. The van der Waals surface area contributed by atoms with E-state index < -0.39 is 0 Å². The van der Waals surface area contributed by atoms with E-state index in [0.29, 0.717) is 0 Å². The van der Waals surface area contributed by atoms with Crippen LogP contribution in [0.4, 0.5) is 0 Å². The van der Waals surface area contributed by atoms with Crippen molar-refractivity contribution in [1.82, 2.24) is 19.5 Å². The molecular formula is C46H28N4Pt. The molecule has 51 heavy (non-hydrogen) atoms. The maximum Gasteiger partial charge on any atom is 2.00 e. The Bertz CT molecular complexity index is 2820. The molecule has 4 aromatic heterocycles. The average molecular weight is 832 g/mol. The number of hydrogen-bond donors (Lipinski definition) is 0. The Kier molecular flexibility index (Phi) is 7.68. The zero-order valence-electron chi connectivity index (χ0n) is 27.3. The minimum absolute atomic E-state index is 0. The second-order valence-corrected chi connectivity index (χ2v) is 12.6. The van der Waals surface area contributed by atoms with Gasteiger partial charge < -0.3 is 4.98 Å². The molecule has 0 bridgehead atoms.